The van der Waals surface area contributed by atoms with E-state index in [0.717, 1.165) is 31.5 Å². The number of nitrogens with zero attached hydrogens (tertiary/aromatic N) is 2. The van der Waals surface area contributed by atoms with Crippen LogP contribution in [0.1, 0.15) is 198 Å². The van der Waals surface area contributed by atoms with E-state index in [1.54, 1.807) is 0 Å². The van der Waals surface area contributed by atoms with E-state index in [2.05, 4.69) is 83.1 Å². The molecular weight excluding hydrogens is 629 g/mol. The molecule has 0 aliphatic heterocycles. The van der Waals surface area contributed by atoms with Crippen molar-refractivity contribution < 1.29 is 9.90 Å². The summed E-state index contributed by atoms with van der Waals surface area (Å²) in [5.74, 6) is -0.664. The maximum atomic E-state index is 10.3. The highest BCUT2D eigenvalue weighted by Gasteiger charge is 1.98. The number of para-hydroxylation sites is 1. The van der Waals surface area contributed by atoms with Crippen LogP contribution >= 0.6 is 0 Å². The van der Waals surface area contributed by atoms with E-state index in [1.165, 1.54) is 172 Å². The van der Waals surface area contributed by atoms with Crippen LogP contribution in [0.4, 0.5) is 5.69 Å². The number of aliphatic carboxylic acids is 1. The van der Waals surface area contributed by atoms with Gasteiger partial charge in [-0.15, -0.1) is 0 Å². The maximum Gasteiger partial charge on any atom is 0.303 e. The fourth-order valence-corrected chi connectivity index (χ4v) is 6.29. The van der Waals surface area contributed by atoms with Crippen LogP contribution in [0.25, 0.3) is 0 Å². The molecule has 1 aromatic heterocycles. The molecule has 1 heterocycles. The van der Waals surface area contributed by atoms with Crippen molar-refractivity contribution >= 4 is 11.7 Å². The Morgan fingerprint density at radius 2 is 1.12 bits per heavy atom. The molecule has 51 heavy (non-hydrogen) atoms. The summed E-state index contributed by atoms with van der Waals surface area (Å²) < 4.78 is 0. The second-order valence-electron chi connectivity index (χ2n) is 14.5. The molecule has 0 bridgehead atoms. The summed E-state index contributed by atoms with van der Waals surface area (Å²) in [5, 5.41) is 22.7. The number of aryl methyl sites for hydroxylation is 2. The molecular formula is C45H78N4O2. The molecule has 0 unspecified atom stereocenters. The molecule has 1 aromatic carbocycles. The van der Waals surface area contributed by atoms with Crippen molar-refractivity contribution in [2.45, 2.75) is 200 Å². The van der Waals surface area contributed by atoms with E-state index >= 15 is 0 Å². The van der Waals surface area contributed by atoms with Crippen LogP contribution in [0.15, 0.2) is 54.8 Å². The molecule has 6 nitrogen and oxygen atoms in total. The molecule has 0 amide bonds. The molecule has 3 N–H and O–H groups in total. The molecule has 0 aliphatic carbocycles. The average Bonchev–Trinajstić information content (AvgIpc) is 3.65. The third-order valence-corrected chi connectivity index (χ3v) is 9.60. The van der Waals surface area contributed by atoms with Gasteiger partial charge in [-0.3, -0.25) is 4.79 Å². The fourth-order valence-electron chi connectivity index (χ4n) is 6.29. The third kappa shape index (κ3) is 32.7. The van der Waals surface area contributed by atoms with Gasteiger partial charge in [0.15, 0.2) is 0 Å². The predicted octanol–water partition coefficient (Wildman–Crippen LogP) is 13.9. The molecule has 0 saturated carbocycles. The zero-order valence-electron chi connectivity index (χ0n) is 33.2. The number of hydrogen-bond acceptors (Lipinski definition) is 4. The smallest absolute Gasteiger partial charge is 0.303 e. The van der Waals surface area contributed by atoms with Crippen LogP contribution in [0.5, 0.6) is 0 Å². The van der Waals surface area contributed by atoms with Crippen LogP contribution in [0.3, 0.4) is 0 Å². The van der Waals surface area contributed by atoms with Crippen molar-refractivity contribution in [1.29, 1.82) is 0 Å². The molecule has 290 valence electrons. The monoisotopic (exact) mass is 707 g/mol. The van der Waals surface area contributed by atoms with E-state index in [4.69, 9.17) is 5.11 Å². The maximum absolute atomic E-state index is 10.3. The van der Waals surface area contributed by atoms with Gasteiger partial charge >= 0.3 is 5.97 Å². The fraction of sp³-hybridized carbons (Fsp3) is 0.711. The van der Waals surface area contributed by atoms with E-state index in [9.17, 15) is 4.79 Å². The second-order valence-corrected chi connectivity index (χ2v) is 14.5. The Labute approximate surface area is 314 Å². The Morgan fingerprint density at radius 3 is 1.61 bits per heavy atom. The van der Waals surface area contributed by atoms with Crippen LogP contribution in [0, 0.1) is 6.92 Å². The first-order valence-electron chi connectivity index (χ1n) is 21.3. The van der Waals surface area contributed by atoms with Crippen LogP contribution < -0.4 is 5.32 Å². The number of H-pyrrole nitrogens is 1. The van der Waals surface area contributed by atoms with Gasteiger partial charge in [0.05, 0.1) is 11.9 Å². The number of nitrogens with one attached hydrogen (secondary N) is 2. The zero-order chi connectivity index (χ0) is 36.7. The van der Waals surface area contributed by atoms with Gasteiger partial charge in [0.1, 0.15) is 0 Å². The zero-order valence-corrected chi connectivity index (χ0v) is 33.2. The summed E-state index contributed by atoms with van der Waals surface area (Å²) in [5.41, 5.74) is 3.72. The Morgan fingerprint density at radius 1 is 0.647 bits per heavy atom. The highest BCUT2D eigenvalue weighted by molar-refractivity contribution is 5.66. The van der Waals surface area contributed by atoms with Gasteiger partial charge in [0.25, 0.3) is 0 Å². The topological polar surface area (TPSA) is 90.9 Å². The predicted molar refractivity (Wildman–Crippen MR) is 221 cm³/mol. The van der Waals surface area contributed by atoms with Crippen molar-refractivity contribution in [3.05, 3.63) is 66.0 Å². The van der Waals surface area contributed by atoms with E-state index < -0.39 is 5.97 Å². The SMILES string of the molecule is CCCCCCCC/C=C\CCCCCCCC(=O)O.Cc1ccccc1NCCCCCCCC/C=C\CCCCCCCCc1cn[nH]n1. The minimum absolute atomic E-state index is 0.332. The number of anilines is 1. The minimum Gasteiger partial charge on any atom is -0.481 e. The Kier molecular flexibility index (Phi) is 33.4. The molecule has 0 atom stereocenters. The first-order valence-corrected chi connectivity index (χ1v) is 21.3. The lowest BCUT2D eigenvalue weighted by molar-refractivity contribution is -0.137. The quantitative estimate of drug-likeness (QED) is 0.0498. The molecule has 2 rings (SSSR count). The highest BCUT2D eigenvalue weighted by atomic mass is 16.4. The normalized spacial score (nSPS) is 11.3. The molecule has 2 aromatic rings. The van der Waals surface area contributed by atoms with Crippen molar-refractivity contribution in [1.82, 2.24) is 15.4 Å². The molecule has 0 saturated heterocycles. The van der Waals surface area contributed by atoms with Gasteiger partial charge in [-0.1, -0.05) is 152 Å². The first-order chi connectivity index (χ1) is 25.1. The van der Waals surface area contributed by atoms with Gasteiger partial charge in [-0.2, -0.15) is 15.4 Å². The summed E-state index contributed by atoms with van der Waals surface area (Å²) >= 11 is 0. The van der Waals surface area contributed by atoms with Crippen LogP contribution in [-0.2, 0) is 11.2 Å². The molecule has 0 fully saturated rings. The number of unbranched alkanes of at least 4 members (excludes halogenated alkanes) is 23. The lowest BCUT2D eigenvalue weighted by Gasteiger charge is -2.08. The van der Waals surface area contributed by atoms with E-state index in [1.807, 2.05) is 6.20 Å². The van der Waals surface area contributed by atoms with Gasteiger partial charge < -0.3 is 10.4 Å². The van der Waals surface area contributed by atoms with E-state index in [-0.39, 0.29) is 0 Å². The number of aromatic nitrogens is 3. The van der Waals surface area contributed by atoms with Gasteiger partial charge in [0, 0.05) is 18.7 Å². The first kappa shape index (κ1) is 46.1. The summed E-state index contributed by atoms with van der Waals surface area (Å²) in [6.07, 6.45) is 47.5. The lowest BCUT2D eigenvalue weighted by Crippen LogP contribution is -2.02. The number of hydrogen-bond donors (Lipinski definition) is 3. The molecule has 6 heteroatoms. The van der Waals surface area contributed by atoms with Crippen molar-refractivity contribution in [2.24, 2.45) is 0 Å². The van der Waals surface area contributed by atoms with Gasteiger partial charge in [0.2, 0.25) is 0 Å². The molecule has 0 radical (unpaired) electrons. The Balaban J connectivity index is 0.000000564. The number of carboxylic acid groups (broad SMARTS) is 1. The Bertz CT molecular complexity index is 1070. The van der Waals surface area contributed by atoms with E-state index in [0.29, 0.717) is 6.42 Å². The highest BCUT2D eigenvalue weighted by Crippen LogP contribution is 2.15. The number of aromatic amines is 1. The van der Waals surface area contributed by atoms with Crippen molar-refractivity contribution in [3.63, 3.8) is 0 Å². The summed E-state index contributed by atoms with van der Waals surface area (Å²) in [4.78, 5) is 10.3. The number of benzene rings is 1. The number of allylic oxidation sites excluding steroid dienone is 4. The standard InChI is InChI=1S/C27H44N4.C18H34O2/c1-25-20-17-18-22-27(25)28-23-19-15-13-11-9-7-5-3-2-4-6-8-10-12-14-16-21-26-24-29-31-30-26;1-2-3-4-5-6-7-8-9-10-11-12-13-14-15-16-17-18(19)20/h2-3,17-18,20,22,24,28H,4-16,19,21,23H2,1H3,(H,29,30,31);9-10H,2-8,11-17H2,1H3,(H,19,20)/b3-2-;10-9-. The summed E-state index contributed by atoms with van der Waals surface area (Å²) in [7, 11) is 0. The number of carbonyl (C=O) groups is 1. The summed E-state index contributed by atoms with van der Waals surface area (Å²) in [6, 6.07) is 8.55. The second kappa shape index (κ2) is 36.9. The minimum atomic E-state index is -0.664. The lowest BCUT2D eigenvalue weighted by atomic mass is 10.1. The van der Waals surface area contributed by atoms with Gasteiger partial charge in [-0.25, -0.2) is 0 Å². The molecule has 0 aliphatic rings. The van der Waals surface area contributed by atoms with Crippen molar-refractivity contribution in [3.8, 4) is 0 Å². The average molecular weight is 707 g/mol. The third-order valence-electron chi connectivity index (χ3n) is 9.60. The van der Waals surface area contributed by atoms with Gasteiger partial charge in [-0.05, 0) is 95.6 Å². The number of rotatable bonds is 34. The summed E-state index contributed by atoms with van der Waals surface area (Å²) in [6.45, 7) is 5.52. The largest absolute Gasteiger partial charge is 0.481 e. The van der Waals surface area contributed by atoms with Crippen LogP contribution in [0.2, 0.25) is 0 Å². The van der Waals surface area contributed by atoms with Crippen LogP contribution in [-0.4, -0.2) is 33.0 Å². The van der Waals surface area contributed by atoms with Crippen molar-refractivity contribution in [2.75, 3.05) is 11.9 Å². The Hall–Kier alpha value is -2.89. The molecule has 0 spiro atoms. The number of carboxylic acids is 1.